The molecule has 0 bridgehead atoms. The zero-order valence-electron chi connectivity index (χ0n) is 16.4. The van der Waals surface area contributed by atoms with E-state index in [2.05, 4.69) is 9.93 Å². The van der Waals surface area contributed by atoms with Gasteiger partial charge in [-0.2, -0.15) is 13.5 Å². The molecule has 3 rings (SSSR count). The Morgan fingerprint density at radius 3 is 1.97 bits per heavy atom. The minimum Gasteiger partial charge on any atom is -0.258 e. The molecule has 0 aliphatic carbocycles. The number of hydrazone groups is 1. The Bertz CT molecular complexity index is 1120. The lowest BCUT2D eigenvalue weighted by atomic mass is 10.0. The van der Waals surface area contributed by atoms with Crippen molar-refractivity contribution in [2.45, 2.75) is 24.7 Å². The Morgan fingerprint density at radius 1 is 0.933 bits per heavy atom. The molecule has 0 aromatic heterocycles. The summed E-state index contributed by atoms with van der Waals surface area (Å²) in [6, 6.07) is 23.0. The lowest BCUT2D eigenvalue weighted by Crippen LogP contribution is -2.22. The summed E-state index contributed by atoms with van der Waals surface area (Å²) >= 11 is 0. The van der Waals surface area contributed by atoms with Crippen LogP contribution >= 0.6 is 0 Å². The Hall–Kier alpha value is -3.52. The second kappa shape index (κ2) is 9.32. The van der Waals surface area contributed by atoms with Crippen molar-refractivity contribution in [1.29, 1.82) is 0 Å². The highest BCUT2D eigenvalue weighted by Gasteiger charge is 2.19. The van der Waals surface area contributed by atoms with Crippen molar-refractivity contribution in [3.8, 4) is 0 Å². The third-order valence-electron chi connectivity index (χ3n) is 4.51. The van der Waals surface area contributed by atoms with Gasteiger partial charge < -0.3 is 0 Å². The summed E-state index contributed by atoms with van der Waals surface area (Å²) in [6.07, 6.45) is 0.929. The maximum absolute atomic E-state index is 12.7. The molecule has 0 aliphatic rings. The zero-order valence-corrected chi connectivity index (χ0v) is 17.2. The van der Waals surface area contributed by atoms with Gasteiger partial charge in [-0.25, -0.2) is 4.83 Å². The summed E-state index contributed by atoms with van der Waals surface area (Å²) in [6.45, 7) is 1.55. The number of nitro groups is 1. The molecular formula is C22H21N3O4S. The molecular weight excluding hydrogens is 402 g/mol. The molecule has 7 nitrogen and oxygen atoms in total. The van der Waals surface area contributed by atoms with E-state index in [-0.39, 0.29) is 10.6 Å². The number of hydrogen-bond donors (Lipinski definition) is 1. The van der Waals surface area contributed by atoms with Crippen LogP contribution in [-0.2, 0) is 22.9 Å². The summed E-state index contributed by atoms with van der Waals surface area (Å²) in [5.74, 6) is 0. The van der Waals surface area contributed by atoms with E-state index in [0.29, 0.717) is 24.1 Å². The topological polar surface area (TPSA) is 102 Å². The number of nitrogens with zero attached hydrogens (tertiary/aromatic N) is 2. The van der Waals surface area contributed by atoms with E-state index in [4.69, 9.17) is 0 Å². The minimum atomic E-state index is -4.05. The third kappa shape index (κ3) is 5.51. The summed E-state index contributed by atoms with van der Waals surface area (Å²) in [5.41, 5.74) is 2.75. The maximum Gasteiger partial charge on any atom is 0.276 e. The lowest BCUT2D eigenvalue weighted by Gasteiger charge is -2.10. The average molecular weight is 423 g/mol. The zero-order chi connectivity index (χ0) is 21.6. The van der Waals surface area contributed by atoms with Gasteiger partial charge in [-0.1, -0.05) is 66.7 Å². The van der Waals surface area contributed by atoms with Crippen LogP contribution in [0.3, 0.4) is 0 Å². The summed E-state index contributed by atoms with van der Waals surface area (Å²) < 4.78 is 25.4. The third-order valence-corrected chi connectivity index (χ3v) is 5.72. The highest BCUT2D eigenvalue weighted by molar-refractivity contribution is 7.89. The molecule has 0 spiro atoms. The lowest BCUT2D eigenvalue weighted by molar-refractivity contribution is -0.385. The van der Waals surface area contributed by atoms with E-state index < -0.39 is 14.9 Å². The van der Waals surface area contributed by atoms with E-state index in [1.54, 1.807) is 6.92 Å². The van der Waals surface area contributed by atoms with Crippen molar-refractivity contribution in [2.24, 2.45) is 5.10 Å². The fourth-order valence-electron chi connectivity index (χ4n) is 2.93. The predicted octanol–water partition coefficient (Wildman–Crippen LogP) is 4.02. The van der Waals surface area contributed by atoms with Crippen molar-refractivity contribution < 1.29 is 13.3 Å². The second-order valence-electron chi connectivity index (χ2n) is 6.80. The quantitative estimate of drug-likeness (QED) is 0.336. The highest BCUT2D eigenvalue weighted by Crippen LogP contribution is 2.22. The van der Waals surface area contributed by atoms with Crippen molar-refractivity contribution in [2.75, 3.05) is 0 Å². The van der Waals surface area contributed by atoms with E-state index in [0.717, 1.165) is 17.2 Å². The molecule has 0 radical (unpaired) electrons. The van der Waals surface area contributed by atoms with Crippen LogP contribution in [0.2, 0.25) is 0 Å². The van der Waals surface area contributed by atoms with Crippen LogP contribution in [0.1, 0.15) is 16.7 Å². The van der Waals surface area contributed by atoms with Crippen LogP contribution in [0.25, 0.3) is 0 Å². The summed E-state index contributed by atoms with van der Waals surface area (Å²) in [4.78, 5) is 12.6. The molecule has 0 amide bonds. The number of sulfonamides is 1. The van der Waals surface area contributed by atoms with Crippen LogP contribution in [0.4, 0.5) is 5.69 Å². The first-order chi connectivity index (χ1) is 14.3. The molecule has 30 heavy (non-hydrogen) atoms. The van der Waals surface area contributed by atoms with Gasteiger partial charge in [0.25, 0.3) is 15.7 Å². The average Bonchev–Trinajstić information content (AvgIpc) is 2.73. The normalized spacial score (nSPS) is 11.0. The Labute approximate surface area is 175 Å². The highest BCUT2D eigenvalue weighted by atomic mass is 32.2. The van der Waals surface area contributed by atoms with Crippen molar-refractivity contribution in [1.82, 2.24) is 4.83 Å². The molecule has 3 aromatic carbocycles. The predicted molar refractivity (Wildman–Crippen MR) is 116 cm³/mol. The second-order valence-corrected chi connectivity index (χ2v) is 8.46. The van der Waals surface area contributed by atoms with Gasteiger partial charge >= 0.3 is 0 Å². The van der Waals surface area contributed by atoms with Gasteiger partial charge in [0.15, 0.2) is 0 Å². The number of benzene rings is 3. The molecule has 0 fully saturated rings. The SMILES string of the molecule is Cc1ccc(S(=O)(=O)NN=C(Cc2ccccc2)Cc2ccccc2)cc1[N+](=O)[O-]. The number of nitro benzene ring substituents is 1. The minimum absolute atomic E-state index is 0.206. The standard InChI is InChI=1S/C22H21N3O4S/c1-17-12-13-21(16-22(17)25(26)27)30(28,29)24-23-20(14-18-8-4-2-5-9-18)15-19-10-6-3-7-11-19/h2-13,16,24H,14-15H2,1H3. The van der Waals surface area contributed by atoms with Gasteiger partial charge in [-0.15, -0.1) is 0 Å². The molecule has 0 aliphatic heterocycles. The van der Waals surface area contributed by atoms with Crippen LogP contribution in [0, 0.1) is 17.0 Å². The Balaban J connectivity index is 1.88. The van der Waals surface area contributed by atoms with E-state index in [1.165, 1.54) is 12.1 Å². The van der Waals surface area contributed by atoms with Gasteiger partial charge in [-0.3, -0.25) is 10.1 Å². The van der Waals surface area contributed by atoms with Gasteiger partial charge in [0.2, 0.25) is 0 Å². The molecule has 0 unspecified atom stereocenters. The summed E-state index contributed by atoms with van der Waals surface area (Å²) in [5, 5.41) is 15.3. The van der Waals surface area contributed by atoms with Gasteiger partial charge in [0.1, 0.15) is 0 Å². The van der Waals surface area contributed by atoms with Crippen LogP contribution in [-0.4, -0.2) is 19.1 Å². The molecule has 0 saturated heterocycles. The maximum atomic E-state index is 12.7. The molecule has 0 heterocycles. The van der Waals surface area contributed by atoms with E-state index in [1.807, 2.05) is 60.7 Å². The monoisotopic (exact) mass is 423 g/mol. The molecule has 0 saturated carbocycles. The first kappa shape index (κ1) is 21.2. The molecule has 8 heteroatoms. The van der Waals surface area contributed by atoms with Gasteiger partial charge in [0, 0.05) is 30.2 Å². The number of rotatable bonds is 8. The van der Waals surface area contributed by atoms with Crippen LogP contribution < -0.4 is 4.83 Å². The molecule has 154 valence electrons. The first-order valence-corrected chi connectivity index (χ1v) is 10.7. The van der Waals surface area contributed by atoms with Crippen LogP contribution in [0.15, 0.2) is 88.9 Å². The van der Waals surface area contributed by atoms with Crippen LogP contribution in [0.5, 0.6) is 0 Å². The molecule has 1 N–H and O–H groups in total. The van der Waals surface area contributed by atoms with Crippen molar-refractivity contribution in [3.05, 3.63) is 106 Å². The fraction of sp³-hybridized carbons (Fsp3) is 0.136. The van der Waals surface area contributed by atoms with Crippen molar-refractivity contribution >= 4 is 21.4 Å². The van der Waals surface area contributed by atoms with E-state index in [9.17, 15) is 18.5 Å². The van der Waals surface area contributed by atoms with E-state index >= 15 is 0 Å². The van der Waals surface area contributed by atoms with Gasteiger partial charge in [0.05, 0.1) is 9.82 Å². The first-order valence-electron chi connectivity index (χ1n) is 9.25. The smallest absolute Gasteiger partial charge is 0.258 e. The summed E-state index contributed by atoms with van der Waals surface area (Å²) in [7, 11) is -4.05. The molecule has 3 aromatic rings. The van der Waals surface area contributed by atoms with Gasteiger partial charge in [-0.05, 0) is 24.1 Å². The number of hydrogen-bond acceptors (Lipinski definition) is 5. The number of aryl methyl sites for hydroxylation is 1. The Morgan fingerprint density at radius 2 is 1.47 bits per heavy atom. The fourth-order valence-corrected chi connectivity index (χ4v) is 3.80. The molecule has 0 atom stereocenters. The number of nitrogens with one attached hydrogen (secondary N) is 1. The largest absolute Gasteiger partial charge is 0.276 e. The van der Waals surface area contributed by atoms with Crippen molar-refractivity contribution in [3.63, 3.8) is 0 Å². The Kier molecular flexibility index (Phi) is 6.58.